The lowest BCUT2D eigenvalue weighted by atomic mass is 10.2. The molecule has 2 aromatic heterocycles. The molecule has 0 bridgehead atoms. The fourth-order valence-electron chi connectivity index (χ4n) is 2.58. The van der Waals surface area contributed by atoms with E-state index in [0.29, 0.717) is 22.9 Å². The van der Waals surface area contributed by atoms with Crippen molar-refractivity contribution in [2.75, 3.05) is 12.4 Å². The summed E-state index contributed by atoms with van der Waals surface area (Å²) in [5.74, 6) is -0.608. The van der Waals surface area contributed by atoms with Gasteiger partial charge in [0.25, 0.3) is 5.91 Å². The van der Waals surface area contributed by atoms with Gasteiger partial charge in [0.15, 0.2) is 5.65 Å². The number of carbonyl (C=O) groups is 1. The van der Waals surface area contributed by atoms with Gasteiger partial charge in [0.05, 0.1) is 24.7 Å². The number of rotatable bonds is 4. The highest BCUT2D eigenvalue weighted by atomic mass is 19.1. The number of aromatic nitrogens is 3. The molecule has 1 aliphatic carbocycles. The van der Waals surface area contributed by atoms with Gasteiger partial charge in [-0.3, -0.25) is 4.79 Å². The van der Waals surface area contributed by atoms with Crippen molar-refractivity contribution in [1.82, 2.24) is 14.5 Å². The molecule has 1 aliphatic rings. The van der Waals surface area contributed by atoms with Crippen LogP contribution in [0.2, 0.25) is 0 Å². The average molecular weight is 326 g/mol. The second kappa shape index (κ2) is 5.59. The number of benzene rings is 1. The predicted octanol–water partition coefficient (Wildman–Crippen LogP) is 3.17. The lowest BCUT2D eigenvalue weighted by Crippen LogP contribution is -2.13. The Bertz CT molecular complexity index is 933. The highest BCUT2D eigenvalue weighted by Gasteiger charge is 2.25. The first-order chi connectivity index (χ1) is 11.7. The SMILES string of the molecule is COc1ccc(NC(=O)c2cnc3c(c2)ncn3C2CC2)c(F)c1. The lowest BCUT2D eigenvalue weighted by molar-refractivity contribution is 0.102. The van der Waals surface area contributed by atoms with Gasteiger partial charge in [-0.1, -0.05) is 0 Å². The molecule has 1 aromatic carbocycles. The molecule has 4 rings (SSSR count). The second-order valence-corrected chi connectivity index (χ2v) is 5.75. The molecule has 1 saturated carbocycles. The van der Waals surface area contributed by atoms with Gasteiger partial charge >= 0.3 is 0 Å². The van der Waals surface area contributed by atoms with E-state index in [-0.39, 0.29) is 5.69 Å². The van der Waals surface area contributed by atoms with Crippen LogP contribution in [0.3, 0.4) is 0 Å². The number of hydrogen-bond donors (Lipinski definition) is 1. The van der Waals surface area contributed by atoms with Crippen LogP contribution in [-0.2, 0) is 0 Å². The Morgan fingerprint density at radius 3 is 2.88 bits per heavy atom. The molecule has 24 heavy (non-hydrogen) atoms. The summed E-state index contributed by atoms with van der Waals surface area (Å²) in [6.07, 6.45) is 5.50. The van der Waals surface area contributed by atoms with E-state index in [2.05, 4.69) is 15.3 Å². The zero-order valence-corrected chi connectivity index (χ0v) is 13.0. The van der Waals surface area contributed by atoms with Gasteiger partial charge in [-0.05, 0) is 31.0 Å². The maximum absolute atomic E-state index is 13.9. The van der Waals surface area contributed by atoms with Crippen molar-refractivity contribution in [2.45, 2.75) is 18.9 Å². The van der Waals surface area contributed by atoms with Crippen LogP contribution in [-0.4, -0.2) is 27.6 Å². The Hall–Kier alpha value is -2.96. The Labute approximate surface area is 137 Å². The van der Waals surface area contributed by atoms with E-state index in [0.717, 1.165) is 18.5 Å². The fraction of sp³-hybridized carbons (Fsp3) is 0.235. The van der Waals surface area contributed by atoms with E-state index in [1.165, 1.54) is 25.4 Å². The van der Waals surface area contributed by atoms with E-state index in [4.69, 9.17) is 4.74 Å². The van der Waals surface area contributed by atoms with Crippen molar-refractivity contribution >= 4 is 22.8 Å². The lowest BCUT2D eigenvalue weighted by Gasteiger charge is -2.08. The Morgan fingerprint density at radius 1 is 1.33 bits per heavy atom. The minimum absolute atomic E-state index is 0.0874. The molecular formula is C17H15FN4O2. The van der Waals surface area contributed by atoms with E-state index in [9.17, 15) is 9.18 Å². The van der Waals surface area contributed by atoms with Crippen LogP contribution in [0.5, 0.6) is 5.75 Å². The number of fused-ring (bicyclic) bond motifs is 1. The molecule has 1 amide bonds. The number of nitrogens with one attached hydrogen (secondary N) is 1. The molecule has 1 fully saturated rings. The third-order valence-corrected chi connectivity index (χ3v) is 4.04. The minimum Gasteiger partial charge on any atom is -0.497 e. The van der Waals surface area contributed by atoms with E-state index < -0.39 is 11.7 Å². The standard InChI is InChI=1S/C17H15FN4O2/c1-24-12-4-5-14(13(18)7-12)21-17(23)10-6-15-16(19-8-10)22(9-20-15)11-2-3-11/h4-9,11H,2-3H2,1H3,(H,21,23). The molecule has 0 aliphatic heterocycles. The number of methoxy groups -OCH3 is 1. The Morgan fingerprint density at radius 2 is 2.17 bits per heavy atom. The summed E-state index contributed by atoms with van der Waals surface area (Å²) in [7, 11) is 1.45. The van der Waals surface area contributed by atoms with Crippen LogP contribution in [0, 0.1) is 5.82 Å². The first kappa shape index (κ1) is 14.6. The van der Waals surface area contributed by atoms with Crippen LogP contribution in [0.1, 0.15) is 29.2 Å². The molecule has 6 nitrogen and oxygen atoms in total. The van der Waals surface area contributed by atoms with Gasteiger partial charge < -0.3 is 14.6 Å². The molecule has 0 atom stereocenters. The zero-order valence-electron chi connectivity index (χ0n) is 13.0. The number of carbonyl (C=O) groups excluding carboxylic acids is 1. The molecule has 0 radical (unpaired) electrons. The van der Waals surface area contributed by atoms with Gasteiger partial charge in [0, 0.05) is 18.3 Å². The van der Waals surface area contributed by atoms with Crippen LogP contribution in [0.25, 0.3) is 11.2 Å². The third-order valence-electron chi connectivity index (χ3n) is 4.04. The number of nitrogens with zero attached hydrogens (tertiary/aromatic N) is 3. The van der Waals surface area contributed by atoms with E-state index >= 15 is 0 Å². The first-order valence-corrected chi connectivity index (χ1v) is 7.63. The molecule has 0 saturated heterocycles. The molecule has 2 heterocycles. The van der Waals surface area contributed by atoms with Crippen molar-refractivity contribution in [3.05, 3.63) is 48.2 Å². The average Bonchev–Trinajstić information content (AvgIpc) is 3.35. The highest BCUT2D eigenvalue weighted by molar-refractivity contribution is 6.05. The van der Waals surface area contributed by atoms with Crippen molar-refractivity contribution in [3.63, 3.8) is 0 Å². The molecule has 3 aromatic rings. The number of hydrogen-bond acceptors (Lipinski definition) is 4. The summed E-state index contributed by atoms with van der Waals surface area (Å²) in [5, 5.41) is 2.54. The zero-order chi connectivity index (χ0) is 16.7. The first-order valence-electron chi connectivity index (χ1n) is 7.63. The van der Waals surface area contributed by atoms with Gasteiger partial charge in [-0.15, -0.1) is 0 Å². The van der Waals surface area contributed by atoms with Crippen LogP contribution >= 0.6 is 0 Å². The smallest absolute Gasteiger partial charge is 0.257 e. The quantitative estimate of drug-likeness (QED) is 0.799. The molecule has 1 N–H and O–H groups in total. The Kier molecular flexibility index (Phi) is 3.41. The van der Waals surface area contributed by atoms with Crippen LogP contribution < -0.4 is 10.1 Å². The molecular weight excluding hydrogens is 311 g/mol. The normalized spacial score (nSPS) is 13.9. The predicted molar refractivity (Wildman–Crippen MR) is 86.7 cm³/mol. The summed E-state index contributed by atoms with van der Waals surface area (Å²) in [6.45, 7) is 0. The van der Waals surface area contributed by atoms with Crippen LogP contribution in [0.15, 0.2) is 36.8 Å². The van der Waals surface area contributed by atoms with Crippen molar-refractivity contribution in [3.8, 4) is 5.75 Å². The van der Waals surface area contributed by atoms with Crippen molar-refractivity contribution in [2.24, 2.45) is 0 Å². The summed E-state index contributed by atoms with van der Waals surface area (Å²) >= 11 is 0. The number of ether oxygens (including phenoxy) is 1. The maximum Gasteiger partial charge on any atom is 0.257 e. The third kappa shape index (κ3) is 2.58. The molecule has 7 heteroatoms. The number of amides is 1. The number of halogens is 1. The minimum atomic E-state index is -0.560. The molecule has 122 valence electrons. The number of pyridine rings is 1. The number of imidazole rings is 1. The Balaban J connectivity index is 1.59. The number of anilines is 1. The molecule has 0 spiro atoms. The fourth-order valence-corrected chi connectivity index (χ4v) is 2.58. The van der Waals surface area contributed by atoms with E-state index in [1.54, 1.807) is 18.5 Å². The van der Waals surface area contributed by atoms with Gasteiger partial charge in [-0.25, -0.2) is 14.4 Å². The monoisotopic (exact) mass is 326 g/mol. The van der Waals surface area contributed by atoms with Gasteiger partial charge in [-0.2, -0.15) is 0 Å². The summed E-state index contributed by atoms with van der Waals surface area (Å²) in [4.78, 5) is 21.0. The summed E-state index contributed by atoms with van der Waals surface area (Å²) < 4.78 is 20.9. The van der Waals surface area contributed by atoms with Crippen molar-refractivity contribution in [1.29, 1.82) is 0 Å². The second-order valence-electron chi connectivity index (χ2n) is 5.75. The van der Waals surface area contributed by atoms with Gasteiger partial charge in [0.1, 0.15) is 17.1 Å². The largest absolute Gasteiger partial charge is 0.497 e. The van der Waals surface area contributed by atoms with Crippen molar-refractivity contribution < 1.29 is 13.9 Å². The molecule has 0 unspecified atom stereocenters. The van der Waals surface area contributed by atoms with Gasteiger partial charge in [0.2, 0.25) is 0 Å². The summed E-state index contributed by atoms with van der Waals surface area (Å²) in [5.41, 5.74) is 1.85. The highest BCUT2D eigenvalue weighted by Crippen LogP contribution is 2.36. The van der Waals surface area contributed by atoms with E-state index in [1.807, 2.05) is 4.57 Å². The summed E-state index contributed by atoms with van der Waals surface area (Å²) in [6, 6.07) is 6.39. The maximum atomic E-state index is 13.9. The van der Waals surface area contributed by atoms with Crippen LogP contribution in [0.4, 0.5) is 10.1 Å². The topological polar surface area (TPSA) is 69.0 Å².